The molecule has 1 unspecified atom stereocenters. The van der Waals surface area contributed by atoms with E-state index in [9.17, 15) is 0 Å². The molecule has 1 spiro atoms. The Morgan fingerprint density at radius 1 is 1.25 bits per heavy atom. The lowest BCUT2D eigenvalue weighted by Gasteiger charge is -2.41. The first-order valence-electron chi connectivity index (χ1n) is 9.71. The van der Waals surface area contributed by atoms with Gasteiger partial charge in [-0.1, -0.05) is 19.3 Å². The van der Waals surface area contributed by atoms with E-state index in [1.807, 2.05) is 12.5 Å². The van der Waals surface area contributed by atoms with Crippen LogP contribution in [0.1, 0.15) is 56.7 Å². The van der Waals surface area contributed by atoms with Crippen LogP contribution in [-0.4, -0.2) is 53.3 Å². The van der Waals surface area contributed by atoms with Crippen LogP contribution in [0, 0.1) is 5.41 Å². The first kappa shape index (κ1) is 16.6. The number of rotatable bonds is 4. The fourth-order valence-corrected chi connectivity index (χ4v) is 5.49. The normalized spacial score (nSPS) is 33.5. The number of aromatic nitrogens is 2. The predicted molar refractivity (Wildman–Crippen MR) is 94.9 cm³/mol. The quantitative estimate of drug-likeness (QED) is 0.920. The SMILES string of the molecule is CN1CCO[C@@H](CNC2CCCC23CCCC3)[C@@H]1c1cncn1C. The summed E-state index contributed by atoms with van der Waals surface area (Å²) in [5, 5.41) is 3.93. The van der Waals surface area contributed by atoms with Crippen LogP contribution in [0.15, 0.2) is 12.5 Å². The summed E-state index contributed by atoms with van der Waals surface area (Å²) in [6, 6.07) is 0.989. The highest BCUT2D eigenvalue weighted by Gasteiger charge is 2.45. The van der Waals surface area contributed by atoms with Gasteiger partial charge in [0.15, 0.2) is 0 Å². The van der Waals surface area contributed by atoms with Crippen LogP contribution in [0.2, 0.25) is 0 Å². The van der Waals surface area contributed by atoms with Gasteiger partial charge in [0.25, 0.3) is 0 Å². The van der Waals surface area contributed by atoms with E-state index in [1.54, 1.807) is 0 Å². The van der Waals surface area contributed by atoms with Crippen molar-refractivity contribution in [2.24, 2.45) is 12.5 Å². The number of hydrogen-bond acceptors (Lipinski definition) is 4. The molecule has 134 valence electrons. The van der Waals surface area contributed by atoms with Crippen molar-refractivity contribution >= 4 is 0 Å². The minimum atomic E-state index is 0.207. The number of imidazole rings is 1. The molecule has 1 aliphatic heterocycles. The topological polar surface area (TPSA) is 42.3 Å². The molecule has 24 heavy (non-hydrogen) atoms. The molecular formula is C19H32N4O. The summed E-state index contributed by atoms with van der Waals surface area (Å²) >= 11 is 0. The van der Waals surface area contributed by atoms with E-state index >= 15 is 0 Å². The van der Waals surface area contributed by atoms with E-state index in [1.165, 1.54) is 50.6 Å². The number of aryl methyl sites for hydroxylation is 1. The molecule has 3 atom stereocenters. The molecule has 0 aromatic carbocycles. The maximum absolute atomic E-state index is 6.21. The molecular weight excluding hydrogens is 300 g/mol. The van der Waals surface area contributed by atoms with Gasteiger partial charge in [0.2, 0.25) is 0 Å². The predicted octanol–water partition coefficient (Wildman–Crippen LogP) is 2.49. The Hall–Kier alpha value is -0.910. The van der Waals surface area contributed by atoms with E-state index in [0.717, 1.165) is 19.7 Å². The molecule has 0 radical (unpaired) electrons. The second-order valence-corrected chi connectivity index (χ2v) is 8.19. The first-order valence-corrected chi connectivity index (χ1v) is 9.71. The second-order valence-electron chi connectivity index (χ2n) is 8.19. The number of nitrogens with one attached hydrogen (secondary N) is 1. The van der Waals surface area contributed by atoms with Crippen LogP contribution in [0.25, 0.3) is 0 Å². The van der Waals surface area contributed by atoms with Crippen molar-refractivity contribution in [1.82, 2.24) is 19.8 Å². The van der Waals surface area contributed by atoms with Crippen molar-refractivity contribution in [3.05, 3.63) is 18.2 Å². The van der Waals surface area contributed by atoms with E-state index in [-0.39, 0.29) is 6.10 Å². The van der Waals surface area contributed by atoms with Gasteiger partial charge in [0.1, 0.15) is 0 Å². The molecule has 2 heterocycles. The number of morpholine rings is 1. The minimum Gasteiger partial charge on any atom is -0.374 e. The van der Waals surface area contributed by atoms with Crippen molar-refractivity contribution in [2.45, 2.75) is 63.1 Å². The Morgan fingerprint density at radius 2 is 2.04 bits per heavy atom. The third kappa shape index (κ3) is 2.91. The Bertz CT molecular complexity index is 546. The van der Waals surface area contributed by atoms with Gasteiger partial charge in [-0.25, -0.2) is 4.98 Å². The molecule has 3 fully saturated rings. The van der Waals surface area contributed by atoms with Gasteiger partial charge in [0.05, 0.1) is 30.8 Å². The Labute approximate surface area is 145 Å². The van der Waals surface area contributed by atoms with E-state index in [4.69, 9.17) is 4.74 Å². The fourth-order valence-electron chi connectivity index (χ4n) is 5.49. The highest BCUT2D eigenvalue weighted by Crippen LogP contribution is 2.50. The molecule has 1 saturated heterocycles. The van der Waals surface area contributed by atoms with Crippen molar-refractivity contribution in [1.29, 1.82) is 0 Å². The molecule has 1 aromatic rings. The molecule has 4 rings (SSSR count). The van der Waals surface area contributed by atoms with Crippen LogP contribution in [-0.2, 0) is 11.8 Å². The lowest BCUT2D eigenvalue weighted by molar-refractivity contribution is -0.0656. The zero-order valence-corrected chi connectivity index (χ0v) is 15.2. The summed E-state index contributed by atoms with van der Waals surface area (Å²) in [4.78, 5) is 6.75. The fraction of sp³-hybridized carbons (Fsp3) is 0.842. The van der Waals surface area contributed by atoms with Crippen molar-refractivity contribution < 1.29 is 4.74 Å². The maximum Gasteiger partial charge on any atom is 0.0946 e. The van der Waals surface area contributed by atoms with E-state index in [0.29, 0.717) is 17.5 Å². The summed E-state index contributed by atoms with van der Waals surface area (Å²) in [5.74, 6) is 0. The molecule has 0 amide bonds. The largest absolute Gasteiger partial charge is 0.374 e. The first-order chi connectivity index (χ1) is 11.7. The monoisotopic (exact) mass is 332 g/mol. The van der Waals surface area contributed by atoms with Crippen LogP contribution in [0.4, 0.5) is 0 Å². The standard InChI is InChI=1S/C19H32N4O/c1-22-10-11-24-16(18(22)15-12-20-14-23(15)2)13-21-17-6-5-9-19(17)7-3-4-8-19/h12,14,16-18,21H,3-11,13H2,1-2H3/t16-,17?,18-/m0/s1. The van der Waals surface area contributed by atoms with E-state index in [2.05, 4.69) is 33.9 Å². The number of hydrogen-bond donors (Lipinski definition) is 1. The van der Waals surface area contributed by atoms with Crippen LogP contribution in [0.5, 0.6) is 0 Å². The lowest BCUT2D eigenvalue weighted by Crippen LogP contribution is -2.51. The van der Waals surface area contributed by atoms with Crippen molar-refractivity contribution in [2.75, 3.05) is 26.7 Å². The molecule has 2 aliphatic carbocycles. The number of ether oxygens (including phenoxy) is 1. The smallest absolute Gasteiger partial charge is 0.0946 e. The van der Waals surface area contributed by atoms with Gasteiger partial charge < -0.3 is 14.6 Å². The number of likely N-dealkylation sites (N-methyl/N-ethyl adjacent to an activating group) is 1. The molecule has 5 nitrogen and oxygen atoms in total. The lowest BCUT2D eigenvalue weighted by atomic mass is 9.80. The molecule has 0 bridgehead atoms. The summed E-state index contributed by atoms with van der Waals surface area (Å²) < 4.78 is 8.34. The van der Waals surface area contributed by atoms with Crippen molar-refractivity contribution in [3.8, 4) is 0 Å². The van der Waals surface area contributed by atoms with Gasteiger partial charge in [-0.05, 0) is 38.1 Å². The minimum absolute atomic E-state index is 0.207. The van der Waals surface area contributed by atoms with Gasteiger partial charge in [-0.2, -0.15) is 0 Å². The van der Waals surface area contributed by atoms with Crippen LogP contribution < -0.4 is 5.32 Å². The van der Waals surface area contributed by atoms with Gasteiger partial charge >= 0.3 is 0 Å². The highest BCUT2D eigenvalue weighted by atomic mass is 16.5. The van der Waals surface area contributed by atoms with Crippen LogP contribution >= 0.6 is 0 Å². The van der Waals surface area contributed by atoms with Crippen molar-refractivity contribution in [3.63, 3.8) is 0 Å². The molecule has 3 aliphatic rings. The van der Waals surface area contributed by atoms with Crippen LogP contribution in [0.3, 0.4) is 0 Å². The molecule has 1 aromatic heterocycles. The maximum atomic E-state index is 6.21. The zero-order chi connectivity index (χ0) is 16.6. The Balaban J connectivity index is 1.45. The highest BCUT2D eigenvalue weighted by molar-refractivity contribution is 5.10. The third-order valence-electron chi connectivity index (χ3n) is 6.83. The molecule has 1 N–H and O–H groups in total. The summed E-state index contributed by atoms with van der Waals surface area (Å²) in [5.41, 5.74) is 1.86. The van der Waals surface area contributed by atoms with Gasteiger partial charge in [0, 0.05) is 32.4 Å². The Morgan fingerprint density at radius 3 is 2.79 bits per heavy atom. The zero-order valence-electron chi connectivity index (χ0n) is 15.2. The summed E-state index contributed by atoms with van der Waals surface area (Å²) in [7, 11) is 4.29. The second kappa shape index (κ2) is 6.77. The molecule has 2 saturated carbocycles. The third-order valence-corrected chi connectivity index (χ3v) is 6.83. The van der Waals surface area contributed by atoms with Gasteiger partial charge in [-0.3, -0.25) is 4.90 Å². The average molecular weight is 332 g/mol. The summed E-state index contributed by atoms with van der Waals surface area (Å²) in [6.45, 7) is 2.76. The van der Waals surface area contributed by atoms with E-state index < -0.39 is 0 Å². The Kier molecular flexibility index (Phi) is 4.67. The molecule has 5 heteroatoms. The summed E-state index contributed by atoms with van der Waals surface area (Å²) in [6.07, 6.45) is 14.0. The average Bonchev–Trinajstić information content (AvgIpc) is 3.30. The number of nitrogens with zero attached hydrogens (tertiary/aromatic N) is 3. The van der Waals surface area contributed by atoms with Gasteiger partial charge in [-0.15, -0.1) is 0 Å².